The minimum atomic E-state index is 0.0438. The second kappa shape index (κ2) is 5.56. The van der Waals surface area contributed by atoms with Gasteiger partial charge in [-0.3, -0.25) is 0 Å². The van der Waals surface area contributed by atoms with Crippen molar-refractivity contribution < 1.29 is 5.11 Å². The molecule has 2 nitrogen and oxygen atoms in total. The van der Waals surface area contributed by atoms with Gasteiger partial charge in [0.1, 0.15) is 0 Å². The van der Waals surface area contributed by atoms with Crippen LogP contribution in [0, 0.1) is 0 Å². The number of aliphatic hydroxyl groups excluding tert-OH is 1. The summed E-state index contributed by atoms with van der Waals surface area (Å²) >= 11 is 11.9. The Morgan fingerprint density at radius 3 is 2.43 bits per heavy atom. The molecule has 0 radical (unpaired) electrons. The fraction of sp³-hybridized carbons (Fsp3) is 0.400. The van der Waals surface area contributed by atoms with Gasteiger partial charge in [0, 0.05) is 28.2 Å². The number of aliphatic hydroxyl groups is 1. The van der Waals surface area contributed by atoms with Gasteiger partial charge >= 0.3 is 0 Å². The van der Waals surface area contributed by atoms with Gasteiger partial charge in [0.05, 0.1) is 6.61 Å². The predicted octanol–water partition coefficient (Wildman–Crippen LogP) is 2.46. The lowest BCUT2D eigenvalue weighted by Gasteiger charge is -2.12. The van der Waals surface area contributed by atoms with Crippen LogP contribution in [-0.2, 0) is 6.54 Å². The minimum Gasteiger partial charge on any atom is -0.395 e. The molecule has 78 valence electrons. The summed E-state index contributed by atoms with van der Waals surface area (Å²) in [6, 6.07) is 5.45. The fourth-order valence-electron chi connectivity index (χ4n) is 1.04. The first-order valence-electron chi connectivity index (χ1n) is 4.42. The highest BCUT2D eigenvalue weighted by molar-refractivity contribution is 6.35. The van der Waals surface area contributed by atoms with Crippen LogP contribution in [-0.4, -0.2) is 17.8 Å². The molecule has 0 saturated heterocycles. The number of benzene rings is 1. The van der Waals surface area contributed by atoms with E-state index in [4.69, 9.17) is 28.3 Å². The molecule has 0 aliphatic heterocycles. The zero-order valence-electron chi connectivity index (χ0n) is 7.93. The SMILES string of the molecule is C[C@@H](CO)NCc1c(Cl)cccc1Cl. The van der Waals surface area contributed by atoms with Gasteiger partial charge < -0.3 is 10.4 Å². The van der Waals surface area contributed by atoms with E-state index in [9.17, 15) is 0 Å². The highest BCUT2D eigenvalue weighted by Crippen LogP contribution is 2.23. The Morgan fingerprint density at radius 2 is 1.93 bits per heavy atom. The van der Waals surface area contributed by atoms with Crippen LogP contribution >= 0.6 is 23.2 Å². The summed E-state index contributed by atoms with van der Waals surface area (Å²) in [6.45, 7) is 2.56. The van der Waals surface area contributed by atoms with Gasteiger partial charge in [-0.25, -0.2) is 0 Å². The Labute approximate surface area is 93.8 Å². The maximum absolute atomic E-state index is 8.82. The molecule has 0 spiro atoms. The van der Waals surface area contributed by atoms with Crippen LogP contribution in [0.1, 0.15) is 12.5 Å². The molecule has 0 amide bonds. The molecular weight excluding hydrogens is 221 g/mol. The number of nitrogens with one attached hydrogen (secondary N) is 1. The monoisotopic (exact) mass is 233 g/mol. The highest BCUT2D eigenvalue weighted by Gasteiger charge is 2.06. The van der Waals surface area contributed by atoms with Gasteiger partial charge in [-0.15, -0.1) is 0 Å². The molecule has 0 heterocycles. The molecule has 2 N–H and O–H groups in total. The van der Waals surface area contributed by atoms with Crippen molar-refractivity contribution in [2.24, 2.45) is 0 Å². The van der Waals surface area contributed by atoms with E-state index in [2.05, 4.69) is 5.32 Å². The summed E-state index contributed by atoms with van der Waals surface area (Å²) in [6.07, 6.45) is 0. The fourth-order valence-corrected chi connectivity index (χ4v) is 1.57. The molecule has 0 unspecified atom stereocenters. The van der Waals surface area contributed by atoms with Crippen LogP contribution in [0.3, 0.4) is 0 Å². The molecule has 0 fully saturated rings. The molecule has 0 bridgehead atoms. The van der Waals surface area contributed by atoms with Crippen molar-refractivity contribution in [3.8, 4) is 0 Å². The summed E-state index contributed by atoms with van der Waals surface area (Å²) < 4.78 is 0. The van der Waals surface area contributed by atoms with Crippen LogP contribution < -0.4 is 5.32 Å². The van der Waals surface area contributed by atoms with E-state index in [0.717, 1.165) is 5.56 Å². The zero-order valence-corrected chi connectivity index (χ0v) is 9.44. The third kappa shape index (κ3) is 3.14. The Balaban J connectivity index is 2.66. The maximum atomic E-state index is 8.82. The second-order valence-electron chi connectivity index (χ2n) is 3.16. The van der Waals surface area contributed by atoms with Gasteiger partial charge in [-0.2, -0.15) is 0 Å². The van der Waals surface area contributed by atoms with Crippen molar-refractivity contribution in [1.82, 2.24) is 5.32 Å². The largest absolute Gasteiger partial charge is 0.395 e. The van der Waals surface area contributed by atoms with Gasteiger partial charge in [0.15, 0.2) is 0 Å². The third-order valence-corrected chi connectivity index (χ3v) is 2.67. The molecule has 4 heteroatoms. The van der Waals surface area contributed by atoms with Crippen molar-refractivity contribution >= 4 is 23.2 Å². The predicted molar refractivity (Wildman–Crippen MR) is 59.8 cm³/mol. The van der Waals surface area contributed by atoms with E-state index in [1.807, 2.05) is 13.0 Å². The van der Waals surface area contributed by atoms with Crippen LogP contribution in [0.2, 0.25) is 10.0 Å². The van der Waals surface area contributed by atoms with Crippen molar-refractivity contribution in [3.63, 3.8) is 0 Å². The lowest BCUT2D eigenvalue weighted by atomic mass is 10.2. The van der Waals surface area contributed by atoms with Crippen LogP contribution in [0.15, 0.2) is 18.2 Å². The Hall–Kier alpha value is -0.280. The van der Waals surface area contributed by atoms with E-state index in [0.29, 0.717) is 16.6 Å². The Bertz CT molecular complexity index is 284. The quantitative estimate of drug-likeness (QED) is 0.838. The maximum Gasteiger partial charge on any atom is 0.0582 e. The first-order chi connectivity index (χ1) is 6.65. The van der Waals surface area contributed by atoms with Gasteiger partial charge in [0.25, 0.3) is 0 Å². The summed E-state index contributed by atoms with van der Waals surface area (Å²) in [5, 5.41) is 13.2. The van der Waals surface area contributed by atoms with E-state index in [-0.39, 0.29) is 12.6 Å². The number of halogens is 2. The number of hydrogen-bond acceptors (Lipinski definition) is 2. The molecule has 0 aliphatic carbocycles. The standard InChI is InChI=1S/C10H13Cl2NO/c1-7(6-14)13-5-8-9(11)3-2-4-10(8)12/h2-4,7,13-14H,5-6H2,1H3/t7-/m0/s1. The Kier molecular flexibility index (Phi) is 4.69. The van der Waals surface area contributed by atoms with Crippen molar-refractivity contribution in [2.75, 3.05) is 6.61 Å². The molecule has 1 aromatic carbocycles. The molecule has 1 aromatic rings. The summed E-state index contributed by atoms with van der Waals surface area (Å²) in [7, 11) is 0. The lowest BCUT2D eigenvalue weighted by molar-refractivity contribution is 0.251. The summed E-state index contributed by atoms with van der Waals surface area (Å²) in [5.74, 6) is 0. The van der Waals surface area contributed by atoms with E-state index < -0.39 is 0 Å². The smallest absolute Gasteiger partial charge is 0.0582 e. The molecule has 0 aliphatic rings. The minimum absolute atomic E-state index is 0.0438. The van der Waals surface area contributed by atoms with Gasteiger partial charge in [-0.1, -0.05) is 29.3 Å². The van der Waals surface area contributed by atoms with Crippen LogP contribution in [0.25, 0.3) is 0 Å². The van der Waals surface area contributed by atoms with Crippen LogP contribution in [0.5, 0.6) is 0 Å². The molecule has 1 atom stereocenters. The summed E-state index contributed by atoms with van der Waals surface area (Å²) in [4.78, 5) is 0. The normalized spacial score (nSPS) is 12.9. The topological polar surface area (TPSA) is 32.3 Å². The molecule has 1 rings (SSSR count). The van der Waals surface area contributed by atoms with Gasteiger partial charge in [-0.05, 0) is 19.1 Å². The Morgan fingerprint density at radius 1 is 1.36 bits per heavy atom. The highest BCUT2D eigenvalue weighted by atomic mass is 35.5. The van der Waals surface area contributed by atoms with E-state index in [1.165, 1.54) is 0 Å². The van der Waals surface area contributed by atoms with Gasteiger partial charge in [0.2, 0.25) is 0 Å². The number of hydrogen-bond donors (Lipinski definition) is 2. The van der Waals surface area contributed by atoms with E-state index >= 15 is 0 Å². The third-order valence-electron chi connectivity index (χ3n) is 1.96. The average Bonchev–Trinajstić information content (AvgIpc) is 2.16. The van der Waals surface area contributed by atoms with Crippen molar-refractivity contribution in [1.29, 1.82) is 0 Å². The van der Waals surface area contributed by atoms with Crippen molar-refractivity contribution in [3.05, 3.63) is 33.8 Å². The molecule has 0 aromatic heterocycles. The second-order valence-corrected chi connectivity index (χ2v) is 3.98. The van der Waals surface area contributed by atoms with E-state index in [1.54, 1.807) is 12.1 Å². The average molecular weight is 234 g/mol. The zero-order chi connectivity index (χ0) is 10.6. The van der Waals surface area contributed by atoms with Crippen molar-refractivity contribution in [2.45, 2.75) is 19.5 Å². The van der Waals surface area contributed by atoms with Crippen LogP contribution in [0.4, 0.5) is 0 Å². The molecular formula is C10H13Cl2NO. The molecule has 14 heavy (non-hydrogen) atoms. The lowest BCUT2D eigenvalue weighted by Crippen LogP contribution is -2.28. The number of rotatable bonds is 4. The first-order valence-corrected chi connectivity index (χ1v) is 5.18. The summed E-state index contributed by atoms with van der Waals surface area (Å²) in [5.41, 5.74) is 0.871. The first kappa shape index (κ1) is 11.8. The molecule has 0 saturated carbocycles.